The van der Waals surface area contributed by atoms with Crippen molar-refractivity contribution in [1.82, 2.24) is 0 Å². The SMILES string of the molecule is CCc1ccc(CC(O)c2cccc(Br)c2Cl)cc1. The fourth-order valence-corrected chi connectivity index (χ4v) is 2.66. The standard InChI is InChI=1S/C16H16BrClO/c1-2-11-6-8-12(9-7-11)10-15(19)13-4-3-5-14(17)16(13)18/h3-9,15,19H,2,10H2,1H3. The smallest absolute Gasteiger partial charge is 0.0845 e. The van der Waals surface area contributed by atoms with E-state index in [2.05, 4.69) is 47.1 Å². The Labute approximate surface area is 127 Å². The van der Waals surface area contributed by atoms with Crippen molar-refractivity contribution in [2.45, 2.75) is 25.9 Å². The lowest BCUT2D eigenvalue weighted by Crippen LogP contribution is -2.03. The maximum Gasteiger partial charge on any atom is 0.0845 e. The van der Waals surface area contributed by atoms with Crippen molar-refractivity contribution in [2.75, 3.05) is 0 Å². The molecule has 0 amide bonds. The molecule has 2 aromatic rings. The lowest BCUT2D eigenvalue weighted by atomic mass is 10.00. The average Bonchev–Trinajstić information content (AvgIpc) is 2.42. The van der Waals surface area contributed by atoms with Crippen LogP contribution in [0.5, 0.6) is 0 Å². The summed E-state index contributed by atoms with van der Waals surface area (Å²) in [6.07, 6.45) is 1.01. The Balaban J connectivity index is 2.15. The molecule has 3 heteroatoms. The largest absolute Gasteiger partial charge is 0.388 e. The van der Waals surface area contributed by atoms with Crippen molar-refractivity contribution in [3.8, 4) is 0 Å². The van der Waals surface area contributed by atoms with Crippen LogP contribution in [0.4, 0.5) is 0 Å². The van der Waals surface area contributed by atoms with E-state index in [1.165, 1.54) is 5.56 Å². The van der Waals surface area contributed by atoms with Gasteiger partial charge < -0.3 is 5.11 Å². The monoisotopic (exact) mass is 338 g/mol. The molecule has 2 rings (SSSR count). The second-order valence-corrected chi connectivity index (χ2v) is 5.77. The van der Waals surface area contributed by atoms with Crippen LogP contribution in [0.2, 0.25) is 5.02 Å². The molecule has 0 fully saturated rings. The lowest BCUT2D eigenvalue weighted by Gasteiger charge is -2.14. The zero-order valence-corrected chi connectivity index (χ0v) is 13.1. The van der Waals surface area contributed by atoms with Crippen molar-refractivity contribution < 1.29 is 5.11 Å². The molecular formula is C16H16BrClO. The minimum atomic E-state index is -0.586. The Morgan fingerprint density at radius 2 is 1.74 bits per heavy atom. The highest BCUT2D eigenvalue weighted by Crippen LogP contribution is 2.31. The first kappa shape index (κ1) is 14.6. The summed E-state index contributed by atoms with van der Waals surface area (Å²) in [6, 6.07) is 13.9. The maximum atomic E-state index is 10.3. The van der Waals surface area contributed by atoms with Crippen LogP contribution >= 0.6 is 27.5 Å². The van der Waals surface area contributed by atoms with Crippen molar-refractivity contribution in [3.05, 3.63) is 68.7 Å². The Bertz CT molecular complexity index is 551. The molecule has 100 valence electrons. The van der Waals surface area contributed by atoms with Gasteiger partial charge in [-0.3, -0.25) is 0 Å². The van der Waals surface area contributed by atoms with Gasteiger partial charge in [0.15, 0.2) is 0 Å². The van der Waals surface area contributed by atoms with Crippen molar-refractivity contribution in [1.29, 1.82) is 0 Å². The number of aryl methyl sites for hydroxylation is 1. The third kappa shape index (κ3) is 3.59. The van der Waals surface area contributed by atoms with E-state index in [4.69, 9.17) is 11.6 Å². The highest BCUT2D eigenvalue weighted by molar-refractivity contribution is 9.10. The van der Waals surface area contributed by atoms with E-state index in [9.17, 15) is 5.11 Å². The highest BCUT2D eigenvalue weighted by atomic mass is 79.9. The number of aliphatic hydroxyl groups is 1. The zero-order valence-electron chi connectivity index (χ0n) is 10.7. The van der Waals surface area contributed by atoms with Crippen molar-refractivity contribution in [3.63, 3.8) is 0 Å². The van der Waals surface area contributed by atoms with Gasteiger partial charge in [0.1, 0.15) is 0 Å². The van der Waals surface area contributed by atoms with Gasteiger partial charge in [0.2, 0.25) is 0 Å². The molecule has 0 saturated carbocycles. The van der Waals surface area contributed by atoms with Crippen LogP contribution in [0.15, 0.2) is 46.9 Å². The molecular weight excluding hydrogens is 324 g/mol. The van der Waals surface area contributed by atoms with Crippen LogP contribution < -0.4 is 0 Å². The van der Waals surface area contributed by atoms with Crippen molar-refractivity contribution in [2.24, 2.45) is 0 Å². The van der Waals surface area contributed by atoms with Crippen LogP contribution in [0.25, 0.3) is 0 Å². The minimum absolute atomic E-state index is 0.570. The first-order valence-electron chi connectivity index (χ1n) is 6.31. The molecule has 1 nitrogen and oxygen atoms in total. The van der Waals surface area contributed by atoms with Crippen LogP contribution in [-0.2, 0) is 12.8 Å². The van der Waals surface area contributed by atoms with E-state index < -0.39 is 6.10 Å². The van der Waals surface area contributed by atoms with Gasteiger partial charge >= 0.3 is 0 Å². The molecule has 0 spiro atoms. The van der Waals surface area contributed by atoms with Gasteiger partial charge in [-0.15, -0.1) is 0 Å². The van der Waals surface area contributed by atoms with Crippen molar-refractivity contribution >= 4 is 27.5 Å². The van der Waals surface area contributed by atoms with Crippen LogP contribution in [0.1, 0.15) is 29.7 Å². The van der Waals surface area contributed by atoms with Gasteiger partial charge in [-0.05, 0) is 39.5 Å². The third-order valence-corrected chi connectivity index (χ3v) is 4.51. The second kappa shape index (κ2) is 6.56. The summed E-state index contributed by atoms with van der Waals surface area (Å²) in [5.41, 5.74) is 3.18. The number of hydrogen-bond acceptors (Lipinski definition) is 1. The number of rotatable bonds is 4. The molecule has 1 atom stereocenters. The summed E-state index contributed by atoms with van der Waals surface area (Å²) in [6.45, 7) is 2.13. The first-order valence-corrected chi connectivity index (χ1v) is 7.48. The molecule has 2 aromatic carbocycles. The van der Waals surface area contributed by atoms with Gasteiger partial charge in [-0.25, -0.2) is 0 Å². The number of aliphatic hydroxyl groups excluding tert-OH is 1. The van der Waals surface area contributed by atoms with E-state index in [1.54, 1.807) is 0 Å². The summed E-state index contributed by atoms with van der Waals surface area (Å²) in [7, 11) is 0. The third-order valence-electron chi connectivity index (χ3n) is 3.20. The topological polar surface area (TPSA) is 20.2 Å². The van der Waals surface area contributed by atoms with Crippen LogP contribution in [0.3, 0.4) is 0 Å². The number of benzene rings is 2. The zero-order chi connectivity index (χ0) is 13.8. The van der Waals surface area contributed by atoms with E-state index >= 15 is 0 Å². The Morgan fingerprint density at radius 1 is 1.11 bits per heavy atom. The fourth-order valence-electron chi connectivity index (χ4n) is 2.02. The van der Waals surface area contributed by atoms with Gasteiger partial charge in [-0.1, -0.05) is 54.9 Å². The van der Waals surface area contributed by atoms with E-state index in [-0.39, 0.29) is 0 Å². The predicted molar refractivity (Wildman–Crippen MR) is 83.6 cm³/mol. The lowest BCUT2D eigenvalue weighted by molar-refractivity contribution is 0.178. The first-order chi connectivity index (χ1) is 9.11. The van der Waals surface area contributed by atoms with E-state index in [0.717, 1.165) is 22.0 Å². The van der Waals surface area contributed by atoms with Gasteiger partial charge in [0, 0.05) is 16.5 Å². The maximum absolute atomic E-state index is 10.3. The van der Waals surface area contributed by atoms with Gasteiger partial charge in [0.05, 0.1) is 11.1 Å². The Kier molecular flexibility index (Phi) is 5.03. The molecule has 19 heavy (non-hydrogen) atoms. The Morgan fingerprint density at radius 3 is 2.37 bits per heavy atom. The number of halogens is 2. The van der Waals surface area contributed by atoms with Gasteiger partial charge in [0.25, 0.3) is 0 Å². The summed E-state index contributed by atoms with van der Waals surface area (Å²) >= 11 is 9.57. The molecule has 1 unspecified atom stereocenters. The molecule has 0 radical (unpaired) electrons. The molecule has 1 N–H and O–H groups in total. The summed E-state index contributed by atoms with van der Waals surface area (Å²) < 4.78 is 0.812. The summed E-state index contributed by atoms with van der Waals surface area (Å²) in [5, 5.41) is 10.9. The summed E-state index contributed by atoms with van der Waals surface area (Å²) in [4.78, 5) is 0. The molecule has 0 aliphatic rings. The van der Waals surface area contributed by atoms with E-state index in [1.807, 2.05) is 18.2 Å². The highest BCUT2D eigenvalue weighted by Gasteiger charge is 2.13. The molecule has 0 heterocycles. The molecule has 0 saturated heterocycles. The second-order valence-electron chi connectivity index (χ2n) is 4.53. The molecule has 0 aliphatic carbocycles. The fraction of sp³-hybridized carbons (Fsp3) is 0.250. The number of hydrogen-bond donors (Lipinski definition) is 1. The normalized spacial score (nSPS) is 12.4. The quantitative estimate of drug-likeness (QED) is 0.836. The van der Waals surface area contributed by atoms with E-state index in [0.29, 0.717) is 11.4 Å². The van der Waals surface area contributed by atoms with Gasteiger partial charge in [-0.2, -0.15) is 0 Å². The van der Waals surface area contributed by atoms with Crippen LogP contribution in [0, 0.1) is 0 Å². The summed E-state index contributed by atoms with van der Waals surface area (Å²) in [5.74, 6) is 0. The predicted octanol–water partition coefficient (Wildman–Crippen LogP) is 4.94. The minimum Gasteiger partial charge on any atom is -0.388 e. The molecule has 0 bridgehead atoms. The average molecular weight is 340 g/mol. The molecule has 0 aromatic heterocycles. The molecule has 0 aliphatic heterocycles. The Hall–Kier alpha value is -0.830. The van der Waals surface area contributed by atoms with Crippen LogP contribution in [-0.4, -0.2) is 5.11 Å².